The van der Waals surface area contributed by atoms with Gasteiger partial charge in [-0.1, -0.05) is 12.1 Å². The second-order valence-corrected chi connectivity index (χ2v) is 13.1. The summed E-state index contributed by atoms with van der Waals surface area (Å²) in [5, 5.41) is 13.7. The molecule has 2 saturated carbocycles. The largest absolute Gasteiger partial charge is 0.480 e. The summed E-state index contributed by atoms with van der Waals surface area (Å²) >= 11 is 0. The van der Waals surface area contributed by atoms with Gasteiger partial charge in [-0.2, -0.15) is 0 Å². The zero-order chi connectivity index (χ0) is 29.3. The number of aromatic nitrogens is 1. The average Bonchev–Trinajstić information content (AvgIpc) is 3.40. The topological polar surface area (TPSA) is 74.7 Å². The number of fused-ring (bicyclic) bond motifs is 1. The predicted molar refractivity (Wildman–Crippen MR) is 155 cm³/mol. The molecule has 42 heavy (non-hydrogen) atoms. The predicted octanol–water partition coefficient (Wildman–Crippen LogP) is 6.89. The van der Waals surface area contributed by atoms with E-state index in [0.717, 1.165) is 75.0 Å². The Labute approximate surface area is 246 Å². The maximum absolute atomic E-state index is 14.5. The Hall–Kier alpha value is -2.65. The lowest BCUT2D eigenvalue weighted by Crippen LogP contribution is -2.47. The van der Waals surface area contributed by atoms with E-state index in [9.17, 15) is 23.1 Å². The molecule has 2 atom stereocenters. The molecular formula is C33H42F3N3O3. The number of likely N-dealkylation sites (tertiary alicyclic amines) is 1. The summed E-state index contributed by atoms with van der Waals surface area (Å²) in [6.45, 7) is 2.62. The third kappa shape index (κ3) is 6.47. The second-order valence-electron chi connectivity index (χ2n) is 13.1. The van der Waals surface area contributed by atoms with E-state index in [0.29, 0.717) is 38.1 Å². The van der Waals surface area contributed by atoms with Crippen LogP contribution in [0, 0.1) is 11.2 Å². The van der Waals surface area contributed by atoms with E-state index >= 15 is 0 Å². The summed E-state index contributed by atoms with van der Waals surface area (Å²) in [4.78, 5) is 19.2. The van der Waals surface area contributed by atoms with Gasteiger partial charge in [-0.15, -0.1) is 0 Å². The normalized spacial score (nSPS) is 24.1. The maximum Gasteiger partial charge on any atom is 0.325 e. The molecule has 0 amide bonds. The number of pyridine rings is 1. The van der Waals surface area contributed by atoms with E-state index in [-0.39, 0.29) is 30.3 Å². The highest BCUT2D eigenvalue weighted by Gasteiger charge is 2.57. The Morgan fingerprint density at radius 1 is 1.14 bits per heavy atom. The zero-order valence-electron chi connectivity index (χ0n) is 24.2. The average molecular weight is 586 g/mol. The van der Waals surface area contributed by atoms with Crippen molar-refractivity contribution in [3.63, 3.8) is 0 Å². The fourth-order valence-corrected chi connectivity index (χ4v) is 7.87. The van der Waals surface area contributed by atoms with Crippen molar-refractivity contribution < 1.29 is 27.8 Å². The quantitative estimate of drug-likeness (QED) is 0.296. The number of halogens is 3. The van der Waals surface area contributed by atoms with Crippen LogP contribution < -0.4 is 5.32 Å². The minimum Gasteiger partial charge on any atom is -0.480 e. The molecule has 0 radical (unpaired) electrons. The first-order chi connectivity index (χ1) is 20.2. The summed E-state index contributed by atoms with van der Waals surface area (Å²) < 4.78 is 47.9. The summed E-state index contributed by atoms with van der Waals surface area (Å²) in [5.41, 5.74) is 3.44. The molecular weight excluding hydrogens is 543 g/mol. The lowest BCUT2D eigenvalue weighted by molar-refractivity contribution is -0.173. The van der Waals surface area contributed by atoms with Gasteiger partial charge in [-0.25, -0.2) is 18.2 Å². The molecule has 9 heteroatoms. The van der Waals surface area contributed by atoms with Gasteiger partial charge < -0.3 is 15.2 Å². The van der Waals surface area contributed by atoms with E-state index in [1.54, 1.807) is 6.07 Å². The highest BCUT2D eigenvalue weighted by Crippen LogP contribution is 2.61. The van der Waals surface area contributed by atoms with Gasteiger partial charge in [0.2, 0.25) is 5.92 Å². The molecule has 1 spiro atoms. The Morgan fingerprint density at radius 3 is 2.71 bits per heavy atom. The third-order valence-electron chi connectivity index (χ3n) is 10.0. The number of rotatable bonds is 10. The minimum atomic E-state index is -2.55. The molecule has 4 aliphatic rings. The van der Waals surface area contributed by atoms with Gasteiger partial charge in [0.1, 0.15) is 17.7 Å². The highest BCUT2D eigenvalue weighted by molar-refractivity contribution is 5.76. The summed E-state index contributed by atoms with van der Waals surface area (Å²) in [6, 6.07) is 7.81. The Kier molecular flexibility index (Phi) is 8.51. The van der Waals surface area contributed by atoms with Gasteiger partial charge in [0.15, 0.2) is 0 Å². The molecule has 0 bridgehead atoms. The number of hydrogen-bond donors (Lipinski definition) is 2. The van der Waals surface area contributed by atoms with Crippen molar-refractivity contribution in [3.05, 3.63) is 58.5 Å². The number of benzene rings is 1. The standard InChI is InChI=1S/C33H42F3N3O3/c34-24-7-9-27(22-10-13-32(14-11-22)20-33(35,36)21-32)28(18-24)29(31(40)41)39-16-12-26(19-39)42-17-2-1-5-25-8-6-23-4-3-15-37-30(23)38-25/h6-9,18,22,26,29H,1-5,10-17,19-21H2,(H,37,38)(H,40,41)/t26-,29+/m1/s1. The SMILES string of the molecule is O=C(O)[C@H](c1cc(F)ccc1C1CCC2(CC1)CC(F)(F)C2)N1CC[C@@H](OCCCCc2ccc3c(n2)NCCC3)C1. The number of alkyl halides is 2. The molecule has 2 aliphatic heterocycles. The van der Waals surface area contributed by atoms with Crippen molar-refractivity contribution in [1.29, 1.82) is 0 Å². The Bertz CT molecular complexity index is 1270. The summed E-state index contributed by atoms with van der Waals surface area (Å²) in [5.74, 6) is -2.93. The molecule has 6 nitrogen and oxygen atoms in total. The van der Waals surface area contributed by atoms with Crippen LogP contribution in [0.15, 0.2) is 30.3 Å². The van der Waals surface area contributed by atoms with Crippen LogP contribution in [0.25, 0.3) is 0 Å². The van der Waals surface area contributed by atoms with Gasteiger partial charge >= 0.3 is 5.97 Å². The number of carbonyl (C=O) groups is 1. The zero-order valence-corrected chi connectivity index (χ0v) is 24.2. The van der Waals surface area contributed by atoms with Crippen LogP contribution in [0.1, 0.15) is 98.6 Å². The molecule has 2 aromatic rings. The van der Waals surface area contributed by atoms with E-state index in [2.05, 4.69) is 17.4 Å². The van der Waals surface area contributed by atoms with Gasteiger partial charge in [-0.3, -0.25) is 9.69 Å². The molecule has 3 fully saturated rings. The molecule has 0 unspecified atom stereocenters. The fraction of sp³-hybridized carbons (Fsp3) is 0.636. The number of ether oxygens (including phenoxy) is 1. The molecule has 1 aromatic carbocycles. The van der Waals surface area contributed by atoms with Crippen molar-refractivity contribution in [1.82, 2.24) is 9.88 Å². The number of aryl methyl sites for hydroxylation is 2. The number of nitrogens with zero attached hydrogens (tertiary/aromatic N) is 2. The first-order valence-electron chi connectivity index (χ1n) is 15.7. The molecule has 228 valence electrons. The van der Waals surface area contributed by atoms with Crippen molar-refractivity contribution in [2.24, 2.45) is 5.41 Å². The van der Waals surface area contributed by atoms with Gasteiger partial charge in [0.05, 0.1) is 6.10 Å². The van der Waals surface area contributed by atoms with E-state index in [4.69, 9.17) is 9.72 Å². The number of nitrogens with one attached hydrogen (secondary N) is 1. The van der Waals surface area contributed by atoms with Gasteiger partial charge in [0.25, 0.3) is 0 Å². The first kappa shape index (κ1) is 29.4. The number of carboxylic acids is 1. The van der Waals surface area contributed by atoms with Crippen molar-refractivity contribution in [2.45, 2.75) is 101 Å². The second kappa shape index (κ2) is 12.2. The molecule has 2 N–H and O–H groups in total. The highest BCUT2D eigenvalue weighted by atomic mass is 19.3. The van der Waals surface area contributed by atoms with Crippen LogP contribution in [0.2, 0.25) is 0 Å². The Balaban J connectivity index is 1.02. The first-order valence-corrected chi connectivity index (χ1v) is 15.7. The molecule has 2 aliphatic carbocycles. The number of aliphatic carboxylic acids is 1. The van der Waals surface area contributed by atoms with Crippen LogP contribution in [0.5, 0.6) is 0 Å². The lowest BCUT2D eigenvalue weighted by atomic mass is 9.56. The fourth-order valence-electron chi connectivity index (χ4n) is 7.87. The monoisotopic (exact) mass is 585 g/mol. The number of anilines is 1. The smallest absolute Gasteiger partial charge is 0.325 e. The van der Waals surface area contributed by atoms with Gasteiger partial charge in [-0.05, 0) is 110 Å². The number of unbranched alkanes of at least 4 members (excludes halogenated alkanes) is 1. The van der Waals surface area contributed by atoms with E-state index < -0.39 is 23.8 Å². The maximum atomic E-state index is 14.5. The summed E-state index contributed by atoms with van der Waals surface area (Å²) in [6.07, 6.45) is 8.43. The van der Waals surface area contributed by atoms with Crippen molar-refractivity contribution >= 4 is 11.8 Å². The Morgan fingerprint density at radius 2 is 1.95 bits per heavy atom. The summed E-state index contributed by atoms with van der Waals surface area (Å²) in [7, 11) is 0. The van der Waals surface area contributed by atoms with Crippen LogP contribution in [0.3, 0.4) is 0 Å². The number of carboxylic acid groups (broad SMARTS) is 1. The van der Waals surface area contributed by atoms with Crippen LogP contribution in [-0.4, -0.2) is 59.2 Å². The molecule has 6 rings (SSSR count). The van der Waals surface area contributed by atoms with Crippen LogP contribution in [0.4, 0.5) is 19.0 Å². The van der Waals surface area contributed by atoms with Crippen molar-refractivity contribution in [2.75, 3.05) is 31.6 Å². The third-order valence-corrected chi connectivity index (χ3v) is 10.0. The van der Waals surface area contributed by atoms with Crippen LogP contribution in [-0.2, 0) is 22.4 Å². The molecule has 3 heterocycles. The number of hydrogen-bond acceptors (Lipinski definition) is 5. The van der Waals surface area contributed by atoms with Crippen LogP contribution >= 0.6 is 0 Å². The van der Waals surface area contributed by atoms with Crippen molar-refractivity contribution in [3.8, 4) is 0 Å². The minimum absolute atomic E-state index is 0.0433. The molecule has 1 aromatic heterocycles. The van der Waals surface area contributed by atoms with E-state index in [1.165, 1.54) is 17.7 Å². The molecule has 1 saturated heterocycles. The lowest BCUT2D eigenvalue weighted by Gasteiger charge is -2.51. The van der Waals surface area contributed by atoms with Gasteiger partial charge in [0, 0.05) is 44.8 Å². The van der Waals surface area contributed by atoms with E-state index in [1.807, 2.05) is 4.90 Å².